The Morgan fingerprint density at radius 1 is 1.18 bits per heavy atom. The molecule has 5 aliphatic rings. The third-order valence-electron chi connectivity index (χ3n) is 10.6. The molecule has 1 aliphatic heterocycles. The van der Waals surface area contributed by atoms with Crippen LogP contribution in [0.4, 0.5) is 0 Å². The summed E-state index contributed by atoms with van der Waals surface area (Å²) in [5.41, 5.74) is 1.87. The third kappa shape index (κ3) is 3.18. The minimum absolute atomic E-state index is 0.137. The van der Waals surface area contributed by atoms with Crippen LogP contribution in [0.25, 0.3) is 0 Å². The van der Waals surface area contributed by atoms with Crippen molar-refractivity contribution in [3.63, 3.8) is 0 Å². The molecule has 0 aromatic carbocycles. The highest BCUT2D eigenvalue weighted by Gasteiger charge is 2.61. The highest BCUT2D eigenvalue weighted by molar-refractivity contribution is 5.99. The topological polar surface area (TPSA) is 83.8 Å². The van der Waals surface area contributed by atoms with Gasteiger partial charge in [-0.25, -0.2) is 4.79 Å². The molecule has 2 fully saturated rings. The zero-order chi connectivity index (χ0) is 23.7. The maximum atomic E-state index is 13.1. The second kappa shape index (κ2) is 7.91. The Morgan fingerprint density at radius 3 is 2.64 bits per heavy atom. The summed E-state index contributed by atoms with van der Waals surface area (Å²) in [6.45, 7) is 8.43. The van der Waals surface area contributed by atoms with E-state index in [2.05, 4.69) is 26.8 Å². The molecule has 0 saturated heterocycles. The van der Waals surface area contributed by atoms with E-state index >= 15 is 0 Å². The van der Waals surface area contributed by atoms with Crippen molar-refractivity contribution >= 4 is 11.8 Å². The summed E-state index contributed by atoms with van der Waals surface area (Å²) in [7, 11) is 0. The van der Waals surface area contributed by atoms with E-state index in [1.807, 2.05) is 6.92 Å². The van der Waals surface area contributed by atoms with Gasteiger partial charge in [-0.1, -0.05) is 25.5 Å². The first-order chi connectivity index (χ1) is 15.6. The van der Waals surface area contributed by atoms with Crippen molar-refractivity contribution in [1.82, 2.24) is 0 Å². The molecule has 4 aliphatic carbocycles. The molecule has 5 heteroatoms. The molecular weight excluding hydrogens is 416 g/mol. The third-order valence-corrected chi connectivity index (χ3v) is 10.6. The number of aliphatic hydroxyl groups is 2. The standard InChI is InChI=1S/C28H38O5/c1-15-13-24(33-26(32)18(15)14-29)16(2)19-7-8-20-17-5-6-22-23(30)9-10-25(31)28(22,4)21(17)11-12-27(19,20)3/h6,9-10,16-17,19-21,23-24,29-30H,5,7-8,11-14H2,1-4H3/t16-,17-,19+,20-,21-,23-,24+,27+,28+/m0/s1. The van der Waals surface area contributed by atoms with Gasteiger partial charge in [0.15, 0.2) is 5.78 Å². The molecule has 0 radical (unpaired) electrons. The lowest BCUT2D eigenvalue weighted by atomic mass is 9.47. The Labute approximate surface area is 197 Å². The van der Waals surface area contributed by atoms with Gasteiger partial charge in [0, 0.05) is 6.42 Å². The molecule has 2 saturated carbocycles. The van der Waals surface area contributed by atoms with Crippen LogP contribution >= 0.6 is 0 Å². The van der Waals surface area contributed by atoms with E-state index < -0.39 is 11.5 Å². The number of cyclic esters (lactones) is 1. The van der Waals surface area contributed by atoms with Crippen LogP contribution in [0.3, 0.4) is 0 Å². The molecular formula is C28H38O5. The van der Waals surface area contributed by atoms with Gasteiger partial charge >= 0.3 is 5.97 Å². The first kappa shape index (κ1) is 23.0. The van der Waals surface area contributed by atoms with Crippen LogP contribution < -0.4 is 0 Å². The van der Waals surface area contributed by atoms with Gasteiger partial charge < -0.3 is 14.9 Å². The number of ether oxygens (including phenoxy) is 1. The molecule has 0 spiro atoms. The van der Waals surface area contributed by atoms with Crippen molar-refractivity contribution in [1.29, 1.82) is 0 Å². The van der Waals surface area contributed by atoms with Crippen LogP contribution in [0.15, 0.2) is 34.9 Å². The van der Waals surface area contributed by atoms with E-state index in [-0.39, 0.29) is 41.7 Å². The summed E-state index contributed by atoms with van der Waals surface area (Å²) >= 11 is 0. The fourth-order valence-electron chi connectivity index (χ4n) is 8.74. The first-order valence-electron chi connectivity index (χ1n) is 12.7. The second-order valence-electron chi connectivity index (χ2n) is 11.8. The minimum atomic E-state index is -0.639. The van der Waals surface area contributed by atoms with E-state index in [4.69, 9.17) is 4.74 Å². The molecule has 0 unspecified atom stereocenters. The quantitative estimate of drug-likeness (QED) is 0.495. The summed E-state index contributed by atoms with van der Waals surface area (Å²) < 4.78 is 5.83. The normalized spacial score (nSPS) is 45.7. The molecule has 5 rings (SSSR count). The molecule has 33 heavy (non-hydrogen) atoms. The Bertz CT molecular complexity index is 959. The Balaban J connectivity index is 1.40. The largest absolute Gasteiger partial charge is 0.458 e. The number of esters is 1. The van der Waals surface area contributed by atoms with Crippen molar-refractivity contribution < 1.29 is 24.5 Å². The van der Waals surface area contributed by atoms with Crippen molar-refractivity contribution in [3.8, 4) is 0 Å². The highest BCUT2D eigenvalue weighted by Crippen LogP contribution is 2.66. The number of ketones is 1. The van der Waals surface area contributed by atoms with Crippen LogP contribution in [0.2, 0.25) is 0 Å². The Hall–Kier alpha value is -1.72. The maximum Gasteiger partial charge on any atom is 0.336 e. The molecule has 2 N–H and O–H groups in total. The lowest BCUT2D eigenvalue weighted by Crippen LogP contribution is -2.54. The summed E-state index contributed by atoms with van der Waals surface area (Å²) in [5.74, 6) is 1.78. The predicted molar refractivity (Wildman–Crippen MR) is 125 cm³/mol. The van der Waals surface area contributed by atoms with E-state index in [1.165, 1.54) is 0 Å². The van der Waals surface area contributed by atoms with Crippen LogP contribution in [-0.4, -0.2) is 40.8 Å². The zero-order valence-electron chi connectivity index (χ0n) is 20.3. The average molecular weight is 455 g/mol. The Kier molecular flexibility index (Phi) is 5.52. The number of carbonyl (C=O) groups is 2. The van der Waals surface area contributed by atoms with Gasteiger partial charge in [-0.05, 0) is 98.7 Å². The summed E-state index contributed by atoms with van der Waals surface area (Å²) in [5, 5.41) is 20.1. The minimum Gasteiger partial charge on any atom is -0.458 e. The van der Waals surface area contributed by atoms with E-state index in [9.17, 15) is 19.8 Å². The number of rotatable bonds is 3. The molecule has 180 valence electrons. The lowest BCUT2D eigenvalue weighted by molar-refractivity contribution is -0.152. The lowest BCUT2D eigenvalue weighted by Gasteiger charge is -2.57. The molecule has 0 bridgehead atoms. The maximum absolute atomic E-state index is 13.1. The summed E-state index contributed by atoms with van der Waals surface area (Å²) in [6.07, 6.45) is 10.6. The monoisotopic (exact) mass is 454 g/mol. The van der Waals surface area contributed by atoms with Crippen molar-refractivity contribution in [2.75, 3.05) is 6.61 Å². The number of hydrogen-bond acceptors (Lipinski definition) is 5. The van der Waals surface area contributed by atoms with Crippen LogP contribution in [0.1, 0.15) is 66.2 Å². The van der Waals surface area contributed by atoms with Gasteiger partial charge in [-0.2, -0.15) is 0 Å². The van der Waals surface area contributed by atoms with E-state index in [1.54, 1.807) is 12.2 Å². The molecule has 0 amide bonds. The number of hydrogen-bond donors (Lipinski definition) is 2. The smallest absolute Gasteiger partial charge is 0.336 e. The molecule has 9 atom stereocenters. The van der Waals surface area contributed by atoms with Gasteiger partial charge in [-0.3, -0.25) is 4.79 Å². The summed E-state index contributed by atoms with van der Waals surface area (Å²) in [4.78, 5) is 25.5. The number of carbonyl (C=O) groups excluding carboxylic acids is 2. The first-order valence-corrected chi connectivity index (χ1v) is 12.7. The number of aliphatic hydroxyl groups excluding tert-OH is 2. The van der Waals surface area contributed by atoms with Crippen molar-refractivity contribution in [3.05, 3.63) is 34.9 Å². The number of allylic oxidation sites excluding steroid dienone is 2. The van der Waals surface area contributed by atoms with Gasteiger partial charge in [0.1, 0.15) is 6.10 Å². The van der Waals surface area contributed by atoms with E-state index in [0.29, 0.717) is 29.7 Å². The van der Waals surface area contributed by atoms with Crippen LogP contribution in [-0.2, 0) is 14.3 Å². The van der Waals surface area contributed by atoms with Crippen LogP contribution in [0.5, 0.6) is 0 Å². The zero-order valence-corrected chi connectivity index (χ0v) is 20.3. The molecule has 1 heterocycles. The van der Waals surface area contributed by atoms with Crippen molar-refractivity contribution in [2.24, 2.45) is 40.4 Å². The molecule has 5 nitrogen and oxygen atoms in total. The van der Waals surface area contributed by atoms with E-state index in [0.717, 1.165) is 43.3 Å². The van der Waals surface area contributed by atoms with Gasteiger partial charge in [0.2, 0.25) is 0 Å². The SMILES string of the molecule is CC1=C(CO)C(=O)O[C@@H]([C@@H](C)[C@H]2CC[C@H]3[C@@H]4CC=C5[C@@H](O)C=CC(=O)[C@]5(C)[C@H]4CC[C@]23C)C1. The van der Waals surface area contributed by atoms with Crippen molar-refractivity contribution in [2.45, 2.75) is 78.4 Å². The fourth-order valence-corrected chi connectivity index (χ4v) is 8.74. The second-order valence-corrected chi connectivity index (χ2v) is 11.8. The van der Waals surface area contributed by atoms with Gasteiger partial charge in [-0.15, -0.1) is 0 Å². The molecule has 0 aromatic heterocycles. The summed E-state index contributed by atoms with van der Waals surface area (Å²) in [6, 6.07) is 0. The predicted octanol–water partition coefficient (Wildman–Crippen LogP) is 4.14. The van der Waals surface area contributed by atoms with Gasteiger partial charge in [0.05, 0.1) is 23.7 Å². The number of fused-ring (bicyclic) bond motifs is 5. The highest BCUT2D eigenvalue weighted by atomic mass is 16.5. The molecule has 0 aromatic rings. The van der Waals surface area contributed by atoms with Gasteiger partial charge in [0.25, 0.3) is 0 Å². The fraction of sp³-hybridized carbons (Fsp3) is 0.714. The Morgan fingerprint density at radius 2 is 1.94 bits per heavy atom. The van der Waals surface area contributed by atoms with Crippen LogP contribution in [0, 0.1) is 40.4 Å². The average Bonchev–Trinajstić information content (AvgIpc) is 3.13.